The molecule has 0 aromatic heterocycles. The molecule has 3 saturated heterocycles. The van der Waals surface area contributed by atoms with E-state index in [1.54, 1.807) is 17.0 Å². The Bertz CT molecular complexity index is 1020. The van der Waals surface area contributed by atoms with Crippen LogP contribution < -0.4 is 5.32 Å². The van der Waals surface area contributed by atoms with Crippen molar-refractivity contribution in [2.75, 3.05) is 13.2 Å². The molecule has 1 aromatic rings. The second-order valence-electron chi connectivity index (χ2n) is 8.24. The molecule has 0 bridgehead atoms. The van der Waals surface area contributed by atoms with Gasteiger partial charge >= 0.3 is 0 Å². The highest BCUT2D eigenvalue weighted by Gasteiger charge is 2.52. The maximum Gasteiger partial charge on any atom is 0.276 e. The van der Waals surface area contributed by atoms with Crippen LogP contribution in [-0.2, 0) is 20.9 Å². The van der Waals surface area contributed by atoms with E-state index >= 15 is 0 Å². The van der Waals surface area contributed by atoms with E-state index < -0.39 is 11.7 Å². The minimum atomic E-state index is -0.566. The molecule has 0 saturated carbocycles. The van der Waals surface area contributed by atoms with Crippen molar-refractivity contribution >= 4 is 23.4 Å². The van der Waals surface area contributed by atoms with Crippen LogP contribution in [0.15, 0.2) is 40.9 Å². The lowest BCUT2D eigenvalue weighted by Crippen LogP contribution is -2.60. The number of ether oxygens (including phenoxy) is 1. The van der Waals surface area contributed by atoms with E-state index in [9.17, 15) is 19.1 Å². The number of fused-ring (bicyclic) bond motifs is 2. The molecule has 31 heavy (non-hydrogen) atoms. The number of carbonyl (C=O) groups excluding carboxylic acids is 2. The van der Waals surface area contributed by atoms with Crippen molar-refractivity contribution in [3.05, 3.63) is 57.3 Å². The lowest BCUT2D eigenvalue weighted by atomic mass is 9.98. The Kier molecular flexibility index (Phi) is 5.14. The summed E-state index contributed by atoms with van der Waals surface area (Å²) in [5.74, 6) is -1.32. The molecule has 9 heteroatoms. The van der Waals surface area contributed by atoms with Gasteiger partial charge in [-0.1, -0.05) is 23.7 Å². The molecule has 2 amide bonds. The van der Waals surface area contributed by atoms with Crippen LogP contribution in [-0.4, -0.2) is 52.1 Å². The standard InChI is InChI=1S/C22H23ClFN3O4/c23-14-5-3-4-12(18(14)24)11-25-20(29)13-10-17(28)19-21(30)26-8-1-2-9-31-22(26)16-7-6-15(13)27(16)19/h3-5,16,22,28H,1-2,6-11H2,(H,25,29). The van der Waals surface area contributed by atoms with Crippen LogP contribution in [0.4, 0.5) is 4.39 Å². The fraction of sp³-hybridized carbons (Fsp3) is 0.455. The predicted octanol–water partition coefficient (Wildman–Crippen LogP) is 2.97. The molecule has 164 valence electrons. The van der Waals surface area contributed by atoms with Gasteiger partial charge in [-0.25, -0.2) is 4.39 Å². The number of hydrogen-bond donors (Lipinski definition) is 2. The Balaban J connectivity index is 1.42. The van der Waals surface area contributed by atoms with Crippen molar-refractivity contribution in [1.82, 2.24) is 15.1 Å². The van der Waals surface area contributed by atoms with Crippen molar-refractivity contribution < 1.29 is 23.8 Å². The molecule has 4 aliphatic heterocycles. The molecular formula is C22H23ClFN3O4. The molecule has 4 aliphatic rings. The fourth-order valence-corrected chi connectivity index (χ4v) is 5.17. The van der Waals surface area contributed by atoms with Crippen LogP contribution in [0.1, 0.15) is 37.7 Å². The summed E-state index contributed by atoms with van der Waals surface area (Å²) in [6.07, 6.45) is 2.67. The largest absolute Gasteiger partial charge is 0.510 e. The molecule has 4 heterocycles. The Morgan fingerprint density at radius 2 is 2.19 bits per heavy atom. The number of aliphatic hydroxyl groups excluding tert-OH is 1. The second kappa shape index (κ2) is 7.84. The summed E-state index contributed by atoms with van der Waals surface area (Å²) >= 11 is 5.81. The van der Waals surface area contributed by atoms with Gasteiger partial charge in [-0.2, -0.15) is 0 Å². The first-order chi connectivity index (χ1) is 15.0. The van der Waals surface area contributed by atoms with Gasteiger partial charge in [0.15, 0.2) is 6.23 Å². The first-order valence-corrected chi connectivity index (χ1v) is 10.9. The Hall–Kier alpha value is -2.58. The number of allylic oxidation sites excluding steroid dienone is 2. The summed E-state index contributed by atoms with van der Waals surface area (Å²) in [6.45, 7) is 1.16. The van der Waals surface area contributed by atoms with E-state index in [0.717, 1.165) is 25.0 Å². The number of piperazine rings is 1. The van der Waals surface area contributed by atoms with E-state index in [2.05, 4.69) is 5.32 Å². The van der Waals surface area contributed by atoms with Crippen molar-refractivity contribution in [3.8, 4) is 0 Å². The molecule has 2 N–H and O–H groups in total. The maximum absolute atomic E-state index is 14.2. The van der Waals surface area contributed by atoms with Crippen LogP contribution in [0.5, 0.6) is 0 Å². The van der Waals surface area contributed by atoms with Gasteiger partial charge < -0.3 is 25.0 Å². The Morgan fingerprint density at radius 1 is 1.35 bits per heavy atom. The molecule has 2 atom stereocenters. The van der Waals surface area contributed by atoms with Gasteiger partial charge in [0.2, 0.25) is 5.91 Å². The number of halogens is 2. The molecule has 0 aliphatic carbocycles. The SMILES string of the molecule is O=C(NCc1cccc(Cl)c1F)C1=C2CCC3C4OCCCCN4C(=O)C(=C(O)C1)N23. The smallest absolute Gasteiger partial charge is 0.276 e. The summed E-state index contributed by atoms with van der Waals surface area (Å²) in [7, 11) is 0. The number of aliphatic hydroxyl groups is 1. The number of nitrogens with one attached hydrogen (secondary N) is 1. The third-order valence-corrected chi connectivity index (χ3v) is 6.72. The minimum absolute atomic E-state index is 0.00455. The van der Waals surface area contributed by atoms with E-state index in [-0.39, 0.29) is 53.2 Å². The summed E-state index contributed by atoms with van der Waals surface area (Å²) in [5.41, 5.74) is 1.68. The highest BCUT2D eigenvalue weighted by atomic mass is 35.5. The van der Waals surface area contributed by atoms with Crippen LogP contribution in [0.25, 0.3) is 0 Å². The third kappa shape index (κ3) is 3.29. The number of nitrogens with zero attached hydrogens (tertiary/aromatic N) is 2. The van der Waals surface area contributed by atoms with Crippen molar-refractivity contribution in [3.63, 3.8) is 0 Å². The normalized spacial score (nSPS) is 25.4. The number of rotatable bonds is 3. The van der Waals surface area contributed by atoms with Gasteiger partial charge in [0.25, 0.3) is 5.91 Å². The van der Waals surface area contributed by atoms with Crippen LogP contribution in [0.2, 0.25) is 5.02 Å². The topological polar surface area (TPSA) is 82.1 Å². The van der Waals surface area contributed by atoms with Crippen LogP contribution in [0.3, 0.4) is 0 Å². The van der Waals surface area contributed by atoms with Crippen molar-refractivity contribution in [1.29, 1.82) is 0 Å². The van der Waals surface area contributed by atoms with Gasteiger partial charge in [0.05, 0.1) is 11.1 Å². The molecule has 0 spiro atoms. The maximum atomic E-state index is 14.2. The molecular weight excluding hydrogens is 425 g/mol. The summed E-state index contributed by atoms with van der Waals surface area (Å²) < 4.78 is 20.2. The molecule has 2 unspecified atom stereocenters. The highest BCUT2D eigenvalue weighted by molar-refractivity contribution is 6.30. The highest BCUT2D eigenvalue weighted by Crippen LogP contribution is 2.46. The second-order valence-corrected chi connectivity index (χ2v) is 8.64. The number of hydrogen-bond acceptors (Lipinski definition) is 5. The lowest BCUT2D eigenvalue weighted by molar-refractivity contribution is -0.156. The zero-order chi connectivity index (χ0) is 21.7. The summed E-state index contributed by atoms with van der Waals surface area (Å²) in [5, 5.41) is 13.5. The quantitative estimate of drug-likeness (QED) is 0.744. The van der Waals surface area contributed by atoms with Crippen LogP contribution >= 0.6 is 11.6 Å². The summed E-state index contributed by atoms with van der Waals surface area (Å²) in [4.78, 5) is 29.7. The van der Waals surface area contributed by atoms with Crippen molar-refractivity contribution in [2.24, 2.45) is 0 Å². The molecule has 0 radical (unpaired) electrons. The first kappa shape index (κ1) is 20.3. The number of benzene rings is 1. The van der Waals surface area contributed by atoms with Gasteiger partial charge in [-0.15, -0.1) is 0 Å². The van der Waals surface area contributed by atoms with E-state index in [1.165, 1.54) is 6.07 Å². The first-order valence-electron chi connectivity index (χ1n) is 10.5. The zero-order valence-electron chi connectivity index (χ0n) is 16.9. The van der Waals surface area contributed by atoms with E-state index in [4.69, 9.17) is 16.3 Å². The average molecular weight is 448 g/mol. The van der Waals surface area contributed by atoms with E-state index in [0.29, 0.717) is 25.1 Å². The lowest BCUT2D eigenvalue weighted by Gasteiger charge is -2.46. The number of carbonyl (C=O) groups is 2. The molecule has 1 aromatic carbocycles. The zero-order valence-corrected chi connectivity index (χ0v) is 17.6. The Labute approximate surface area is 184 Å². The van der Waals surface area contributed by atoms with Crippen molar-refractivity contribution in [2.45, 2.75) is 50.9 Å². The van der Waals surface area contributed by atoms with Gasteiger partial charge in [0, 0.05) is 43.0 Å². The minimum Gasteiger partial charge on any atom is -0.510 e. The fourth-order valence-electron chi connectivity index (χ4n) is 4.98. The third-order valence-electron chi connectivity index (χ3n) is 6.43. The molecule has 3 fully saturated rings. The van der Waals surface area contributed by atoms with Crippen LogP contribution in [0, 0.1) is 5.82 Å². The van der Waals surface area contributed by atoms with E-state index in [1.807, 2.05) is 4.90 Å². The molecule has 7 nitrogen and oxygen atoms in total. The summed E-state index contributed by atoms with van der Waals surface area (Å²) in [6, 6.07) is 4.50. The van der Waals surface area contributed by atoms with Gasteiger partial charge in [-0.3, -0.25) is 9.59 Å². The predicted molar refractivity (Wildman–Crippen MR) is 110 cm³/mol. The average Bonchev–Trinajstić information content (AvgIpc) is 3.03. The monoisotopic (exact) mass is 447 g/mol. The number of amides is 2. The van der Waals surface area contributed by atoms with Gasteiger partial charge in [-0.05, 0) is 31.7 Å². The molecule has 5 rings (SSSR count). The Morgan fingerprint density at radius 3 is 3.03 bits per heavy atom. The van der Waals surface area contributed by atoms with Gasteiger partial charge in [0.1, 0.15) is 17.3 Å².